The molecule has 6 heteroatoms. The molecule has 2 aliphatic carbocycles. The van der Waals surface area contributed by atoms with Crippen molar-refractivity contribution in [2.45, 2.75) is 69.9 Å². The van der Waals surface area contributed by atoms with Crippen LogP contribution in [0.15, 0.2) is 72.8 Å². The molecule has 2 fully saturated rings. The zero-order valence-electron chi connectivity index (χ0n) is 21.6. The fraction of sp³-hybridized carbons (Fsp3) is 0.484. The fourth-order valence-corrected chi connectivity index (χ4v) is 6.19. The highest BCUT2D eigenvalue weighted by Crippen LogP contribution is 2.60. The van der Waals surface area contributed by atoms with Crippen molar-refractivity contribution in [1.29, 1.82) is 0 Å². The van der Waals surface area contributed by atoms with Gasteiger partial charge >= 0.3 is 0 Å². The molecule has 196 valence electrons. The molecule has 1 saturated heterocycles. The van der Waals surface area contributed by atoms with E-state index in [9.17, 15) is 5.11 Å². The average molecular weight is 505 g/mol. The Bertz CT molecular complexity index is 1120. The standard InChI is InChI=1S/C31H36O6/c1-24-15-18-31(36-23-34-21-26-13-7-4-8-14-26)29(2)16-9-10-17-30(31,37-27(32)19-29)28(24)35-22-33-20-25-11-5-3-6-12-25/h3-9,11-14,16,24,27-28,32H,15,18-23H2,1-2H3. The van der Waals surface area contributed by atoms with Gasteiger partial charge in [0, 0.05) is 11.8 Å². The minimum atomic E-state index is -1.19. The molecule has 2 bridgehead atoms. The first-order chi connectivity index (χ1) is 18.0. The van der Waals surface area contributed by atoms with Crippen LogP contribution in [0.2, 0.25) is 0 Å². The van der Waals surface area contributed by atoms with E-state index in [0.717, 1.165) is 17.5 Å². The lowest BCUT2D eigenvalue weighted by Gasteiger charge is -2.64. The Labute approximate surface area is 219 Å². The Kier molecular flexibility index (Phi) is 7.83. The molecular weight excluding hydrogens is 468 g/mol. The van der Waals surface area contributed by atoms with Crippen LogP contribution in [0, 0.1) is 23.2 Å². The lowest BCUT2D eigenvalue weighted by Crippen LogP contribution is -2.76. The van der Waals surface area contributed by atoms with Crippen molar-refractivity contribution in [3.8, 4) is 11.8 Å². The largest absolute Gasteiger partial charge is 0.368 e. The lowest BCUT2D eigenvalue weighted by molar-refractivity contribution is -0.374. The summed E-state index contributed by atoms with van der Waals surface area (Å²) < 4.78 is 31.4. The van der Waals surface area contributed by atoms with Crippen LogP contribution in [0.4, 0.5) is 0 Å². The summed E-state index contributed by atoms with van der Waals surface area (Å²) in [5.74, 6) is 6.61. The van der Waals surface area contributed by atoms with E-state index in [1.165, 1.54) is 0 Å². The van der Waals surface area contributed by atoms with Gasteiger partial charge in [-0.2, -0.15) is 0 Å². The maximum Gasteiger partial charge on any atom is 0.187 e. The van der Waals surface area contributed by atoms with Crippen LogP contribution < -0.4 is 0 Å². The van der Waals surface area contributed by atoms with Crippen molar-refractivity contribution in [2.24, 2.45) is 11.3 Å². The molecule has 2 aromatic rings. The number of aliphatic hydroxyl groups is 1. The van der Waals surface area contributed by atoms with Gasteiger partial charge < -0.3 is 28.8 Å². The summed E-state index contributed by atoms with van der Waals surface area (Å²) in [5, 5.41) is 10.9. The molecule has 0 spiro atoms. The predicted octanol–water partition coefficient (Wildman–Crippen LogP) is 4.96. The average Bonchev–Trinajstić information content (AvgIpc) is 2.96. The van der Waals surface area contributed by atoms with Gasteiger partial charge in [0.25, 0.3) is 0 Å². The van der Waals surface area contributed by atoms with Crippen LogP contribution in [-0.2, 0) is 36.9 Å². The van der Waals surface area contributed by atoms with E-state index >= 15 is 0 Å². The molecule has 1 N–H and O–H groups in total. The third kappa shape index (κ3) is 5.00. The molecule has 37 heavy (non-hydrogen) atoms. The van der Waals surface area contributed by atoms with E-state index in [4.69, 9.17) is 23.7 Å². The second-order valence-corrected chi connectivity index (χ2v) is 10.5. The summed E-state index contributed by atoms with van der Waals surface area (Å²) in [6.45, 7) is 5.28. The van der Waals surface area contributed by atoms with Crippen molar-refractivity contribution in [2.75, 3.05) is 13.6 Å². The zero-order valence-corrected chi connectivity index (χ0v) is 21.6. The Morgan fingerprint density at radius 2 is 1.62 bits per heavy atom. The van der Waals surface area contributed by atoms with Gasteiger partial charge in [-0.25, -0.2) is 0 Å². The lowest BCUT2D eigenvalue weighted by atomic mass is 9.53. The summed E-state index contributed by atoms with van der Waals surface area (Å²) in [6.07, 6.45) is 4.40. The number of rotatable bonds is 10. The molecule has 0 aromatic heterocycles. The normalized spacial score (nSPS) is 34.2. The Balaban J connectivity index is 1.37. The molecule has 1 saturated carbocycles. The first-order valence-corrected chi connectivity index (χ1v) is 13.0. The van der Waals surface area contributed by atoms with Gasteiger partial charge in [-0.1, -0.05) is 92.4 Å². The molecule has 0 radical (unpaired) electrons. The van der Waals surface area contributed by atoms with Gasteiger partial charge in [0.1, 0.15) is 25.3 Å². The van der Waals surface area contributed by atoms with Crippen molar-refractivity contribution < 1.29 is 28.8 Å². The van der Waals surface area contributed by atoms with Gasteiger partial charge in [0.15, 0.2) is 11.9 Å². The van der Waals surface area contributed by atoms with E-state index < -0.39 is 29.0 Å². The monoisotopic (exact) mass is 504 g/mol. The molecule has 1 heterocycles. The minimum absolute atomic E-state index is 0.0762. The molecular formula is C31H36O6. The van der Waals surface area contributed by atoms with Crippen molar-refractivity contribution >= 4 is 0 Å². The van der Waals surface area contributed by atoms with Gasteiger partial charge in [-0.3, -0.25) is 0 Å². The van der Waals surface area contributed by atoms with E-state index in [-0.39, 0.29) is 19.5 Å². The number of hydrogen-bond acceptors (Lipinski definition) is 6. The SMILES string of the molecule is CC1CCC2(OCOCc3ccccc3)C3(C)C=CC#CC2(OC(O)C3)C1OCOCc1ccccc1. The minimum Gasteiger partial charge on any atom is -0.368 e. The summed E-state index contributed by atoms with van der Waals surface area (Å²) >= 11 is 0. The highest BCUT2D eigenvalue weighted by Gasteiger charge is 2.72. The number of aliphatic hydroxyl groups excluding tert-OH is 1. The van der Waals surface area contributed by atoms with Crippen molar-refractivity contribution in [3.05, 3.63) is 83.9 Å². The molecule has 0 amide bonds. The van der Waals surface area contributed by atoms with Crippen LogP contribution in [0.5, 0.6) is 0 Å². The molecule has 3 aliphatic rings. The van der Waals surface area contributed by atoms with Crippen molar-refractivity contribution in [3.63, 3.8) is 0 Å². The highest BCUT2D eigenvalue weighted by molar-refractivity contribution is 5.41. The summed E-state index contributed by atoms with van der Waals surface area (Å²) in [6, 6.07) is 20.0. The number of benzene rings is 2. The fourth-order valence-electron chi connectivity index (χ4n) is 6.19. The molecule has 6 unspecified atom stereocenters. The summed E-state index contributed by atoms with van der Waals surface area (Å²) in [4.78, 5) is 0. The Morgan fingerprint density at radius 3 is 2.30 bits per heavy atom. The van der Waals surface area contributed by atoms with Crippen LogP contribution >= 0.6 is 0 Å². The van der Waals surface area contributed by atoms with Gasteiger partial charge in [-0.05, 0) is 36.0 Å². The number of hydrogen-bond donors (Lipinski definition) is 1. The quantitative estimate of drug-likeness (QED) is 0.280. The van der Waals surface area contributed by atoms with E-state index in [0.29, 0.717) is 26.1 Å². The van der Waals surface area contributed by atoms with Crippen LogP contribution in [-0.4, -0.2) is 42.3 Å². The molecule has 2 aromatic carbocycles. The smallest absolute Gasteiger partial charge is 0.187 e. The van der Waals surface area contributed by atoms with E-state index in [1.54, 1.807) is 0 Å². The first kappa shape index (κ1) is 26.1. The topological polar surface area (TPSA) is 66.4 Å². The second kappa shape index (κ2) is 11.1. The maximum absolute atomic E-state index is 10.9. The van der Waals surface area contributed by atoms with Gasteiger partial charge in [-0.15, -0.1) is 0 Å². The predicted molar refractivity (Wildman–Crippen MR) is 139 cm³/mol. The Hall–Kier alpha value is -2.50. The van der Waals surface area contributed by atoms with Crippen LogP contribution in [0.3, 0.4) is 0 Å². The maximum atomic E-state index is 10.9. The number of allylic oxidation sites excluding steroid dienone is 1. The molecule has 6 nitrogen and oxygen atoms in total. The summed E-state index contributed by atoms with van der Waals surface area (Å²) in [7, 11) is 0. The third-order valence-corrected chi connectivity index (χ3v) is 8.05. The van der Waals surface area contributed by atoms with Crippen molar-refractivity contribution in [1.82, 2.24) is 0 Å². The van der Waals surface area contributed by atoms with Crippen LogP contribution in [0.1, 0.15) is 44.2 Å². The zero-order chi connectivity index (χ0) is 25.8. The Morgan fingerprint density at radius 1 is 0.973 bits per heavy atom. The van der Waals surface area contributed by atoms with Crippen LogP contribution in [0.25, 0.3) is 0 Å². The van der Waals surface area contributed by atoms with Gasteiger partial charge in [0.05, 0.1) is 13.2 Å². The third-order valence-electron chi connectivity index (χ3n) is 8.05. The molecule has 6 atom stereocenters. The molecule has 5 rings (SSSR count). The first-order valence-electron chi connectivity index (χ1n) is 13.0. The van der Waals surface area contributed by atoms with Gasteiger partial charge in [0.2, 0.25) is 0 Å². The van der Waals surface area contributed by atoms with E-state index in [2.05, 4.69) is 31.8 Å². The summed E-state index contributed by atoms with van der Waals surface area (Å²) in [5.41, 5.74) is -0.459. The van der Waals surface area contributed by atoms with E-state index in [1.807, 2.05) is 66.7 Å². The molecule has 1 aliphatic heterocycles. The highest BCUT2D eigenvalue weighted by atomic mass is 16.7. The second-order valence-electron chi connectivity index (χ2n) is 10.5. The number of ether oxygens (including phenoxy) is 5.